The van der Waals surface area contributed by atoms with Gasteiger partial charge in [-0.05, 0) is 19.4 Å². The Morgan fingerprint density at radius 1 is 1.36 bits per heavy atom. The van der Waals surface area contributed by atoms with Crippen LogP contribution in [0.1, 0.15) is 24.9 Å². The lowest BCUT2D eigenvalue weighted by molar-refractivity contribution is 0.168. The summed E-state index contributed by atoms with van der Waals surface area (Å²) in [4.78, 5) is 2.32. The van der Waals surface area contributed by atoms with Gasteiger partial charge in [-0.2, -0.15) is 0 Å². The van der Waals surface area contributed by atoms with Crippen molar-refractivity contribution in [1.82, 2.24) is 10.2 Å². The molecule has 0 unspecified atom stereocenters. The Morgan fingerprint density at radius 2 is 2.00 bits per heavy atom. The molecule has 0 spiro atoms. The van der Waals surface area contributed by atoms with Gasteiger partial charge in [-0.25, -0.2) is 4.39 Å². The fourth-order valence-corrected chi connectivity index (χ4v) is 2.70. The SMILES string of the molecule is C=C(C)C[C@@H](c1cccc(OC)c1F)N1CCNCC1.Cl.Cl. The Labute approximate surface area is 144 Å². The molecule has 1 aliphatic heterocycles. The average Bonchev–Trinajstić information content (AvgIpc) is 2.46. The van der Waals surface area contributed by atoms with Crippen molar-refractivity contribution in [2.75, 3.05) is 33.3 Å². The number of hydrogen-bond donors (Lipinski definition) is 1. The van der Waals surface area contributed by atoms with Gasteiger partial charge in [0.25, 0.3) is 0 Å². The maximum absolute atomic E-state index is 14.5. The number of piperazine rings is 1. The van der Waals surface area contributed by atoms with Crippen LogP contribution in [0.15, 0.2) is 30.4 Å². The predicted octanol–water partition coefficient (Wildman–Crippen LogP) is 3.59. The van der Waals surface area contributed by atoms with Crippen LogP contribution in [0.25, 0.3) is 0 Å². The zero-order valence-electron chi connectivity index (χ0n) is 13.1. The average molecular weight is 351 g/mol. The standard InChI is InChI=1S/C16H23FN2O.2ClH/c1-12(2)11-14(19-9-7-18-8-10-19)13-5-4-6-15(20-3)16(13)17;;/h4-6,14,18H,1,7-11H2,2-3H3;2*1H/t14-;;/m0../s1. The third kappa shape index (κ3) is 5.13. The second kappa shape index (κ2) is 10.1. The summed E-state index contributed by atoms with van der Waals surface area (Å²) < 4.78 is 19.6. The molecule has 0 amide bonds. The summed E-state index contributed by atoms with van der Waals surface area (Å²) in [5, 5.41) is 3.33. The molecule has 0 aliphatic carbocycles. The summed E-state index contributed by atoms with van der Waals surface area (Å²) in [5.74, 6) is 0.0594. The number of rotatable bonds is 5. The number of nitrogens with zero attached hydrogens (tertiary/aromatic N) is 1. The number of methoxy groups -OCH3 is 1. The van der Waals surface area contributed by atoms with Crippen molar-refractivity contribution in [3.05, 3.63) is 41.7 Å². The molecule has 1 heterocycles. The summed E-state index contributed by atoms with van der Waals surface area (Å²) in [6, 6.07) is 5.40. The van der Waals surface area contributed by atoms with Crippen molar-refractivity contribution >= 4 is 24.8 Å². The Balaban J connectivity index is 0.00000220. The summed E-state index contributed by atoms with van der Waals surface area (Å²) in [7, 11) is 1.50. The maximum Gasteiger partial charge on any atom is 0.169 e. The fraction of sp³-hybridized carbons (Fsp3) is 0.500. The van der Waals surface area contributed by atoms with E-state index in [9.17, 15) is 4.39 Å². The van der Waals surface area contributed by atoms with Crippen LogP contribution >= 0.6 is 24.8 Å². The zero-order chi connectivity index (χ0) is 14.5. The number of benzene rings is 1. The lowest BCUT2D eigenvalue weighted by Gasteiger charge is -2.35. The maximum atomic E-state index is 14.5. The van der Waals surface area contributed by atoms with Gasteiger partial charge in [-0.3, -0.25) is 4.90 Å². The molecular formula is C16H25Cl2FN2O. The van der Waals surface area contributed by atoms with E-state index in [0.717, 1.165) is 38.2 Å². The molecule has 0 saturated carbocycles. The van der Waals surface area contributed by atoms with Crippen LogP contribution in [0.2, 0.25) is 0 Å². The minimum atomic E-state index is -0.250. The van der Waals surface area contributed by atoms with Gasteiger partial charge in [0.2, 0.25) is 0 Å². The van der Waals surface area contributed by atoms with Crippen molar-refractivity contribution in [1.29, 1.82) is 0 Å². The van der Waals surface area contributed by atoms with Gasteiger partial charge < -0.3 is 10.1 Å². The molecule has 1 N–H and O–H groups in total. The molecular weight excluding hydrogens is 326 g/mol. The van der Waals surface area contributed by atoms with E-state index in [2.05, 4.69) is 16.8 Å². The Kier molecular flexibility index (Phi) is 9.69. The quantitative estimate of drug-likeness (QED) is 0.821. The predicted molar refractivity (Wildman–Crippen MR) is 94.1 cm³/mol. The second-order valence-electron chi connectivity index (χ2n) is 5.33. The Bertz CT molecular complexity index is 479. The number of hydrogen-bond acceptors (Lipinski definition) is 3. The van der Waals surface area contributed by atoms with Crippen molar-refractivity contribution in [3.8, 4) is 5.75 Å². The summed E-state index contributed by atoms with van der Waals surface area (Å²) in [6.07, 6.45) is 0.768. The monoisotopic (exact) mass is 350 g/mol. The smallest absolute Gasteiger partial charge is 0.169 e. The van der Waals surface area contributed by atoms with Crippen LogP contribution in [0.3, 0.4) is 0 Å². The van der Waals surface area contributed by atoms with Gasteiger partial charge in [0, 0.05) is 37.8 Å². The Morgan fingerprint density at radius 3 is 2.55 bits per heavy atom. The molecule has 1 atom stereocenters. The molecule has 0 radical (unpaired) electrons. The highest BCUT2D eigenvalue weighted by molar-refractivity contribution is 5.85. The van der Waals surface area contributed by atoms with Crippen LogP contribution in [0.4, 0.5) is 4.39 Å². The normalized spacial score (nSPS) is 16.1. The van der Waals surface area contributed by atoms with E-state index in [1.165, 1.54) is 7.11 Å². The van der Waals surface area contributed by atoms with Crippen molar-refractivity contribution < 1.29 is 9.13 Å². The molecule has 1 aromatic carbocycles. The van der Waals surface area contributed by atoms with Crippen molar-refractivity contribution in [2.45, 2.75) is 19.4 Å². The number of nitrogens with one attached hydrogen (secondary N) is 1. The molecule has 22 heavy (non-hydrogen) atoms. The zero-order valence-corrected chi connectivity index (χ0v) is 14.7. The highest BCUT2D eigenvalue weighted by atomic mass is 35.5. The first-order chi connectivity index (χ1) is 9.63. The van der Waals surface area contributed by atoms with E-state index >= 15 is 0 Å². The molecule has 1 aromatic rings. The molecule has 6 heteroatoms. The first-order valence-electron chi connectivity index (χ1n) is 7.05. The highest BCUT2D eigenvalue weighted by Crippen LogP contribution is 2.32. The van der Waals surface area contributed by atoms with Gasteiger partial charge in [-0.1, -0.05) is 17.7 Å². The van der Waals surface area contributed by atoms with Gasteiger partial charge >= 0.3 is 0 Å². The second-order valence-corrected chi connectivity index (χ2v) is 5.33. The van der Waals surface area contributed by atoms with Gasteiger partial charge in [-0.15, -0.1) is 31.4 Å². The number of ether oxygens (including phenoxy) is 1. The lowest BCUT2D eigenvalue weighted by atomic mass is 9.97. The summed E-state index contributed by atoms with van der Waals surface area (Å²) >= 11 is 0. The molecule has 1 saturated heterocycles. The first-order valence-corrected chi connectivity index (χ1v) is 7.05. The van der Waals surface area contributed by atoms with Crippen molar-refractivity contribution in [2.24, 2.45) is 0 Å². The lowest BCUT2D eigenvalue weighted by Crippen LogP contribution is -2.45. The van der Waals surface area contributed by atoms with Gasteiger partial charge in [0.05, 0.1) is 7.11 Å². The van der Waals surface area contributed by atoms with Crippen LogP contribution in [-0.2, 0) is 0 Å². The van der Waals surface area contributed by atoms with E-state index in [4.69, 9.17) is 4.74 Å². The van der Waals surface area contributed by atoms with Crippen LogP contribution < -0.4 is 10.1 Å². The van der Waals surface area contributed by atoms with Crippen LogP contribution in [-0.4, -0.2) is 38.2 Å². The highest BCUT2D eigenvalue weighted by Gasteiger charge is 2.25. The minimum absolute atomic E-state index is 0. The van der Waals surface area contributed by atoms with Crippen molar-refractivity contribution in [3.63, 3.8) is 0 Å². The minimum Gasteiger partial charge on any atom is -0.494 e. The molecule has 3 nitrogen and oxygen atoms in total. The first kappa shape index (κ1) is 21.2. The Hall–Kier alpha value is -0.810. The third-order valence-electron chi connectivity index (χ3n) is 3.71. The molecule has 1 aliphatic rings. The molecule has 1 fully saturated rings. The van der Waals surface area contributed by atoms with Gasteiger partial charge in [0.15, 0.2) is 11.6 Å². The number of halogens is 3. The van der Waals surface area contributed by atoms with E-state index in [1.54, 1.807) is 6.07 Å². The van der Waals surface area contributed by atoms with E-state index in [-0.39, 0.29) is 36.7 Å². The van der Waals surface area contributed by atoms with E-state index in [1.807, 2.05) is 19.1 Å². The summed E-state index contributed by atoms with van der Waals surface area (Å²) in [6.45, 7) is 9.72. The fourth-order valence-electron chi connectivity index (χ4n) is 2.70. The molecule has 2 rings (SSSR count). The molecule has 0 aromatic heterocycles. The molecule has 126 valence electrons. The molecule has 0 bridgehead atoms. The third-order valence-corrected chi connectivity index (χ3v) is 3.71. The van der Waals surface area contributed by atoms with E-state index in [0.29, 0.717) is 11.3 Å². The topological polar surface area (TPSA) is 24.5 Å². The largest absolute Gasteiger partial charge is 0.494 e. The van der Waals surface area contributed by atoms with Crippen LogP contribution in [0, 0.1) is 5.82 Å². The van der Waals surface area contributed by atoms with Crippen LogP contribution in [0.5, 0.6) is 5.75 Å². The van der Waals surface area contributed by atoms with Gasteiger partial charge in [0.1, 0.15) is 0 Å². The summed E-state index contributed by atoms with van der Waals surface area (Å²) in [5.41, 5.74) is 1.77. The van der Waals surface area contributed by atoms with E-state index < -0.39 is 0 Å².